The van der Waals surface area contributed by atoms with Crippen molar-refractivity contribution in [1.82, 2.24) is 19.8 Å². The minimum atomic E-state index is -0.181. The van der Waals surface area contributed by atoms with Crippen LogP contribution in [0.5, 0.6) is 0 Å². The molecule has 0 saturated carbocycles. The number of rotatable bonds is 6. The molecule has 2 amide bonds. The quantitative estimate of drug-likeness (QED) is 0.422. The number of benzene rings is 2. The minimum absolute atomic E-state index is 0.0715. The Morgan fingerprint density at radius 1 is 1.06 bits per heavy atom. The molecule has 5 rings (SSSR count). The van der Waals surface area contributed by atoms with Gasteiger partial charge in [-0.25, -0.2) is 4.68 Å². The fourth-order valence-corrected chi connectivity index (χ4v) is 4.52. The number of piperidine rings is 1. The van der Waals surface area contributed by atoms with E-state index in [4.69, 9.17) is 9.62 Å². The predicted molar refractivity (Wildman–Crippen MR) is 137 cm³/mol. The van der Waals surface area contributed by atoms with Crippen LogP contribution in [0.2, 0.25) is 0 Å². The van der Waals surface area contributed by atoms with Gasteiger partial charge in [-0.2, -0.15) is 5.10 Å². The molecule has 1 aliphatic rings. The summed E-state index contributed by atoms with van der Waals surface area (Å²) < 4.78 is 6.78. The number of carbonyl (C=O) groups is 2. The fraction of sp³-hybridized carbons (Fsp3) is 0.286. The number of aryl methyl sites for hydroxylation is 2. The standard InChI is InChI=1S/C28H29N5O3/c1-3-20-9-11-21(12-10-20)26-24(18-33(30-26)23-7-5-4-6-8-23)28(35)32-15-13-22(14-16-32)27(34)29-25-17-19(2)36-31-25/h4-12,17-18,22H,3,13-16H2,1-2H3,(H,29,31,34). The van der Waals surface area contributed by atoms with Gasteiger partial charge in [0.2, 0.25) is 5.91 Å². The van der Waals surface area contributed by atoms with Crippen molar-refractivity contribution in [2.75, 3.05) is 18.4 Å². The van der Waals surface area contributed by atoms with Gasteiger partial charge in [-0.3, -0.25) is 9.59 Å². The summed E-state index contributed by atoms with van der Waals surface area (Å²) in [5.41, 5.74) is 4.25. The summed E-state index contributed by atoms with van der Waals surface area (Å²) >= 11 is 0. The topological polar surface area (TPSA) is 93.3 Å². The van der Waals surface area contributed by atoms with Crippen LogP contribution in [-0.4, -0.2) is 44.7 Å². The molecule has 2 aromatic carbocycles. The Morgan fingerprint density at radius 2 is 1.78 bits per heavy atom. The Kier molecular flexibility index (Phi) is 6.66. The molecule has 2 aromatic heterocycles. The lowest BCUT2D eigenvalue weighted by Gasteiger charge is -2.31. The third-order valence-electron chi connectivity index (χ3n) is 6.63. The summed E-state index contributed by atoms with van der Waals surface area (Å²) in [5, 5.41) is 11.4. The molecule has 1 N–H and O–H groups in total. The molecule has 8 nitrogen and oxygen atoms in total. The van der Waals surface area contributed by atoms with Gasteiger partial charge in [0, 0.05) is 36.8 Å². The zero-order chi connectivity index (χ0) is 25.1. The van der Waals surface area contributed by atoms with Gasteiger partial charge in [0.25, 0.3) is 5.91 Å². The molecule has 1 fully saturated rings. The number of hydrogen-bond acceptors (Lipinski definition) is 5. The monoisotopic (exact) mass is 483 g/mol. The van der Waals surface area contributed by atoms with Crippen LogP contribution in [0.1, 0.15) is 41.4 Å². The third-order valence-corrected chi connectivity index (χ3v) is 6.63. The highest BCUT2D eigenvalue weighted by atomic mass is 16.5. The molecule has 0 aliphatic carbocycles. The first-order valence-electron chi connectivity index (χ1n) is 12.3. The first kappa shape index (κ1) is 23.5. The number of amides is 2. The summed E-state index contributed by atoms with van der Waals surface area (Å²) in [6, 6.07) is 19.7. The van der Waals surface area contributed by atoms with E-state index in [1.807, 2.05) is 53.6 Å². The number of carbonyl (C=O) groups excluding carboxylic acids is 2. The van der Waals surface area contributed by atoms with E-state index in [-0.39, 0.29) is 17.7 Å². The number of anilines is 1. The SMILES string of the molecule is CCc1ccc(-c2nn(-c3ccccc3)cc2C(=O)N2CCC(C(=O)Nc3cc(C)on3)CC2)cc1. The van der Waals surface area contributed by atoms with Crippen molar-refractivity contribution < 1.29 is 14.1 Å². The van der Waals surface area contributed by atoms with Gasteiger partial charge in [-0.05, 0) is 43.9 Å². The van der Waals surface area contributed by atoms with Crippen LogP contribution in [0.3, 0.4) is 0 Å². The van der Waals surface area contributed by atoms with E-state index in [1.165, 1.54) is 5.56 Å². The van der Waals surface area contributed by atoms with Gasteiger partial charge in [-0.1, -0.05) is 54.5 Å². The number of likely N-dealkylation sites (tertiary alicyclic amines) is 1. The Morgan fingerprint density at radius 3 is 2.42 bits per heavy atom. The van der Waals surface area contributed by atoms with Crippen LogP contribution in [0.4, 0.5) is 5.82 Å². The Bertz CT molecular complexity index is 1350. The third kappa shape index (κ3) is 4.93. The van der Waals surface area contributed by atoms with Gasteiger partial charge in [0.1, 0.15) is 11.5 Å². The van der Waals surface area contributed by atoms with Gasteiger partial charge in [-0.15, -0.1) is 0 Å². The summed E-state index contributed by atoms with van der Waals surface area (Å²) in [6.45, 7) is 4.89. The van der Waals surface area contributed by atoms with Crippen molar-refractivity contribution in [3.05, 3.63) is 83.7 Å². The Balaban J connectivity index is 1.35. The zero-order valence-electron chi connectivity index (χ0n) is 20.5. The average Bonchev–Trinajstić information content (AvgIpc) is 3.55. The minimum Gasteiger partial charge on any atom is -0.360 e. The lowest BCUT2D eigenvalue weighted by Crippen LogP contribution is -2.41. The van der Waals surface area contributed by atoms with Crippen molar-refractivity contribution in [2.24, 2.45) is 5.92 Å². The molecule has 1 aliphatic heterocycles. The molecule has 8 heteroatoms. The highest BCUT2D eigenvalue weighted by molar-refractivity contribution is 6.00. The smallest absolute Gasteiger partial charge is 0.257 e. The maximum Gasteiger partial charge on any atom is 0.257 e. The van der Waals surface area contributed by atoms with Crippen molar-refractivity contribution in [1.29, 1.82) is 0 Å². The number of para-hydroxylation sites is 1. The molecule has 184 valence electrons. The second kappa shape index (κ2) is 10.2. The first-order valence-corrected chi connectivity index (χ1v) is 12.3. The predicted octanol–water partition coefficient (Wildman–Crippen LogP) is 4.89. The van der Waals surface area contributed by atoms with E-state index in [0.29, 0.717) is 48.8 Å². The molecule has 0 atom stereocenters. The van der Waals surface area contributed by atoms with E-state index in [1.54, 1.807) is 17.7 Å². The van der Waals surface area contributed by atoms with Crippen LogP contribution in [-0.2, 0) is 11.2 Å². The van der Waals surface area contributed by atoms with E-state index in [9.17, 15) is 9.59 Å². The van der Waals surface area contributed by atoms with Crippen molar-refractivity contribution in [2.45, 2.75) is 33.1 Å². The van der Waals surface area contributed by atoms with Gasteiger partial charge >= 0.3 is 0 Å². The highest BCUT2D eigenvalue weighted by Crippen LogP contribution is 2.28. The Labute approximate surface area is 209 Å². The fourth-order valence-electron chi connectivity index (χ4n) is 4.52. The van der Waals surface area contributed by atoms with Crippen LogP contribution in [0, 0.1) is 12.8 Å². The largest absolute Gasteiger partial charge is 0.360 e. The lowest BCUT2D eigenvalue weighted by molar-refractivity contribution is -0.121. The van der Waals surface area contributed by atoms with E-state index < -0.39 is 0 Å². The molecule has 0 bridgehead atoms. The highest BCUT2D eigenvalue weighted by Gasteiger charge is 2.30. The van der Waals surface area contributed by atoms with Crippen molar-refractivity contribution in [3.63, 3.8) is 0 Å². The van der Waals surface area contributed by atoms with E-state index in [0.717, 1.165) is 17.7 Å². The average molecular weight is 484 g/mol. The molecule has 0 unspecified atom stereocenters. The van der Waals surface area contributed by atoms with E-state index >= 15 is 0 Å². The number of nitrogens with zero attached hydrogens (tertiary/aromatic N) is 4. The maximum absolute atomic E-state index is 13.7. The maximum atomic E-state index is 13.7. The second-order valence-electron chi connectivity index (χ2n) is 9.10. The number of aromatic nitrogens is 3. The summed E-state index contributed by atoms with van der Waals surface area (Å²) in [6.07, 6.45) is 3.93. The van der Waals surface area contributed by atoms with Crippen LogP contribution < -0.4 is 5.32 Å². The van der Waals surface area contributed by atoms with Crippen molar-refractivity contribution in [3.8, 4) is 16.9 Å². The van der Waals surface area contributed by atoms with Gasteiger partial charge in [0.05, 0.1) is 11.3 Å². The summed E-state index contributed by atoms with van der Waals surface area (Å²) in [5.74, 6) is 0.714. The Hall–Kier alpha value is -4.20. The molecular formula is C28H29N5O3. The van der Waals surface area contributed by atoms with Crippen LogP contribution in [0.15, 0.2) is 71.4 Å². The molecule has 36 heavy (non-hydrogen) atoms. The normalized spacial score (nSPS) is 14.1. The van der Waals surface area contributed by atoms with E-state index in [2.05, 4.69) is 29.5 Å². The molecule has 4 aromatic rings. The van der Waals surface area contributed by atoms with Crippen LogP contribution >= 0.6 is 0 Å². The molecule has 3 heterocycles. The first-order chi connectivity index (χ1) is 17.5. The molecule has 1 saturated heterocycles. The molecule has 0 radical (unpaired) electrons. The number of hydrogen-bond donors (Lipinski definition) is 1. The van der Waals surface area contributed by atoms with Crippen molar-refractivity contribution >= 4 is 17.6 Å². The van der Waals surface area contributed by atoms with Gasteiger partial charge < -0.3 is 14.7 Å². The summed E-state index contributed by atoms with van der Waals surface area (Å²) in [4.78, 5) is 28.2. The number of nitrogens with one attached hydrogen (secondary N) is 1. The second-order valence-corrected chi connectivity index (χ2v) is 9.10. The lowest BCUT2D eigenvalue weighted by atomic mass is 9.95. The van der Waals surface area contributed by atoms with Gasteiger partial charge in [0.15, 0.2) is 5.82 Å². The molecular weight excluding hydrogens is 454 g/mol. The van der Waals surface area contributed by atoms with Crippen LogP contribution in [0.25, 0.3) is 16.9 Å². The summed E-state index contributed by atoms with van der Waals surface area (Å²) in [7, 11) is 0. The molecule has 0 spiro atoms. The zero-order valence-corrected chi connectivity index (χ0v) is 20.5.